The van der Waals surface area contributed by atoms with Crippen LogP contribution in [0, 0.1) is 7.14 Å². The highest BCUT2D eigenvalue weighted by atomic mass is 127. The van der Waals surface area contributed by atoms with Gasteiger partial charge in [-0.15, -0.1) is 0 Å². The zero-order valence-electron chi connectivity index (χ0n) is 17.5. The van der Waals surface area contributed by atoms with E-state index in [-0.39, 0.29) is 5.75 Å². The molecule has 0 bridgehead atoms. The van der Waals surface area contributed by atoms with E-state index in [1.165, 1.54) is 0 Å². The number of nitrogens with one attached hydrogen (secondary N) is 2. The van der Waals surface area contributed by atoms with Gasteiger partial charge in [-0.05, 0) is 68.4 Å². The number of halogens is 2. The van der Waals surface area contributed by atoms with Gasteiger partial charge in [0.05, 0.1) is 5.69 Å². The fourth-order valence-electron chi connectivity index (χ4n) is 3.32. The Labute approximate surface area is 225 Å². The van der Waals surface area contributed by atoms with Gasteiger partial charge in [-0.25, -0.2) is 9.52 Å². The molecule has 0 radical (unpaired) electrons. The molecule has 4 aromatic rings. The number of benzene rings is 4. The third-order valence-electron chi connectivity index (χ3n) is 4.80. The van der Waals surface area contributed by atoms with E-state index in [9.17, 15) is 13.2 Å². The second-order valence-corrected chi connectivity index (χ2v) is 10.8. The van der Waals surface area contributed by atoms with Crippen LogP contribution in [0.1, 0.15) is 0 Å². The molecule has 0 fully saturated rings. The molecule has 34 heavy (non-hydrogen) atoms. The van der Waals surface area contributed by atoms with Crippen molar-refractivity contribution >= 4 is 67.2 Å². The molecule has 0 aromatic heterocycles. The lowest BCUT2D eigenvalue weighted by molar-refractivity contribution is 0.207. The van der Waals surface area contributed by atoms with Crippen LogP contribution in [0.5, 0.6) is 5.75 Å². The van der Waals surface area contributed by atoms with E-state index in [1.54, 1.807) is 12.1 Å². The molecule has 0 aliphatic carbocycles. The van der Waals surface area contributed by atoms with Crippen LogP contribution < -0.4 is 14.2 Å². The van der Waals surface area contributed by atoms with Gasteiger partial charge in [0, 0.05) is 18.3 Å². The number of hydrogen-bond donors (Lipinski definition) is 2. The Balaban J connectivity index is 1.67. The van der Waals surface area contributed by atoms with Crippen molar-refractivity contribution in [2.75, 3.05) is 4.72 Å². The Morgan fingerprint density at radius 3 is 1.65 bits per heavy atom. The van der Waals surface area contributed by atoms with Crippen molar-refractivity contribution in [1.29, 1.82) is 0 Å². The second-order valence-electron chi connectivity index (χ2n) is 7.11. The number of anilines is 1. The minimum absolute atomic E-state index is 0.261. The number of para-hydroxylation sites is 2. The van der Waals surface area contributed by atoms with Crippen LogP contribution in [-0.4, -0.2) is 14.5 Å². The number of carbonyl (C=O) groups is 1. The molecule has 4 rings (SSSR count). The van der Waals surface area contributed by atoms with Crippen LogP contribution in [0.2, 0.25) is 0 Å². The van der Waals surface area contributed by atoms with Crippen molar-refractivity contribution < 1.29 is 17.9 Å². The Bertz CT molecular complexity index is 1350. The van der Waals surface area contributed by atoms with Gasteiger partial charge in [-0.2, -0.15) is 8.42 Å². The molecule has 0 spiro atoms. The molecule has 0 heterocycles. The molecule has 1 amide bonds. The highest BCUT2D eigenvalue weighted by Gasteiger charge is 2.22. The number of carbonyl (C=O) groups excluding carboxylic acids is 1. The number of amides is 1. The summed E-state index contributed by atoms with van der Waals surface area (Å²) < 4.78 is 36.8. The molecule has 172 valence electrons. The predicted molar refractivity (Wildman–Crippen MR) is 151 cm³/mol. The summed E-state index contributed by atoms with van der Waals surface area (Å²) in [7, 11) is -4.24. The minimum Gasteiger partial charge on any atom is -0.408 e. The van der Waals surface area contributed by atoms with Crippen molar-refractivity contribution in [2.24, 2.45) is 0 Å². The van der Waals surface area contributed by atoms with Gasteiger partial charge < -0.3 is 4.74 Å². The Hall–Kier alpha value is -2.64. The average molecular weight is 696 g/mol. The summed E-state index contributed by atoms with van der Waals surface area (Å²) in [5.41, 5.74) is 3.37. The first-order valence-corrected chi connectivity index (χ1v) is 13.7. The van der Waals surface area contributed by atoms with Crippen molar-refractivity contribution in [3.05, 3.63) is 104 Å². The summed E-state index contributed by atoms with van der Waals surface area (Å²) in [6.45, 7) is 0. The van der Waals surface area contributed by atoms with E-state index in [2.05, 4.69) is 4.72 Å². The van der Waals surface area contributed by atoms with Crippen LogP contribution in [0.15, 0.2) is 97.1 Å². The lowest BCUT2D eigenvalue weighted by Crippen LogP contribution is -2.37. The minimum atomic E-state index is -4.24. The molecular formula is C25H18I2N2O4S. The summed E-state index contributed by atoms with van der Waals surface area (Å²) in [6.07, 6.45) is -1.12. The van der Waals surface area contributed by atoms with E-state index in [1.807, 2.05) is 135 Å². The molecule has 4 aromatic carbocycles. The summed E-state index contributed by atoms with van der Waals surface area (Å²) in [6, 6.07) is 29.7. The Kier molecular flexibility index (Phi) is 7.73. The van der Waals surface area contributed by atoms with Crippen LogP contribution >= 0.6 is 45.2 Å². The maximum absolute atomic E-state index is 12.8. The standard InChI is InChI=1S/C25H18I2N2O4S/c26-21-15-8-16-22(27)23(21)28-34(31,32)29-25(30)33-24-19(17-9-3-1-4-10-17)13-7-14-20(24)18-11-5-2-6-12-18/h1-16,28H,(H,29,30). The zero-order valence-corrected chi connectivity index (χ0v) is 22.7. The van der Waals surface area contributed by atoms with E-state index in [0.717, 1.165) is 11.1 Å². The topological polar surface area (TPSA) is 84.5 Å². The molecule has 0 aliphatic heterocycles. The summed E-state index contributed by atoms with van der Waals surface area (Å²) in [5.74, 6) is 0.261. The van der Waals surface area contributed by atoms with Crippen LogP contribution in [0.25, 0.3) is 22.3 Å². The summed E-state index contributed by atoms with van der Waals surface area (Å²) >= 11 is 4.05. The molecule has 0 saturated carbocycles. The first-order chi connectivity index (χ1) is 16.3. The maximum Gasteiger partial charge on any atom is 0.427 e. The van der Waals surface area contributed by atoms with E-state index in [4.69, 9.17) is 4.74 Å². The molecular weight excluding hydrogens is 678 g/mol. The number of rotatable bonds is 6. The molecule has 2 N–H and O–H groups in total. The van der Waals surface area contributed by atoms with Gasteiger partial charge in [0.25, 0.3) is 0 Å². The van der Waals surface area contributed by atoms with Gasteiger partial charge >= 0.3 is 16.3 Å². The van der Waals surface area contributed by atoms with Crippen LogP contribution in [0.4, 0.5) is 10.5 Å². The van der Waals surface area contributed by atoms with Gasteiger partial charge in [-0.3, -0.25) is 4.72 Å². The highest BCUT2D eigenvalue weighted by Crippen LogP contribution is 2.39. The molecule has 0 unspecified atom stereocenters. The third-order valence-corrected chi connectivity index (χ3v) is 7.50. The third kappa shape index (κ3) is 5.88. The molecule has 0 aliphatic rings. The Morgan fingerprint density at radius 2 is 1.15 bits per heavy atom. The quantitative estimate of drug-likeness (QED) is 0.221. The Morgan fingerprint density at radius 1 is 0.676 bits per heavy atom. The maximum atomic E-state index is 12.8. The van der Waals surface area contributed by atoms with Gasteiger partial charge in [0.2, 0.25) is 0 Å². The number of ether oxygens (including phenoxy) is 1. The van der Waals surface area contributed by atoms with Crippen molar-refractivity contribution in [2.45, 2.75) is 0 Å². The zero-order chi connectivity index (χ0) is 24.1. The lowest BCUT2D eigenvalue weighted by Gasteiger charge is -2.16. The molecule has 9 heteroatoms. The SMILES string of the molecule is O=C(NS(=O)(=O)Nc1c(I)cccc1I)Oc1c(-c2ccccc2)cccc1-c1ccccc1. The normalized spacial score (nSPS) is 11.0. The molecule has 0 saturated heterocycles. The fraction of sp³-hybridized carbons (Fsp3) is 0. The smallest absolute Gasteiger partial charge is 0.408 e. The van der Waals surface area contributed by atoms with E-state index in [0.29, 0.717) is 24.0 Å². The molecule has 0 atom stereocenters. The predicted octanol–water partition coefficient (Wildman–Crippen LogP) is 6.68. The van der Waals surface area contributed by atoms with Crippen molar-refractivity contribution in [1.82, 2.24) is 4.72 Å². The first kappa shape index (κ1) is 24.5. The average Bonchev–Trinajstić information content (AvgIpc) is 2.82. The van der Waals surface area contributed by atoms with Gasteiger partial charge in [-0.1, -0.05) is 84.9 Å². The van der Waals surface area contributed by atoms with E-state index >= 15 is 0 Å². The van der Waals surface area contributed by atoms with E-state index < -0.39 is 16.3 Å². The largest absolute Gasteiger partial charge is 0.427 e. The number of hydrogen-bond acceptors (Lipinski definition) is 4. The van der Waals surface area contributed by atoms with Crippen LogP contribution in [0.3, 0.4) is 0 Å². The van der Waals surface area contributed by atoms with Crippen LogP contribution in [-0.2, 0) is 10.2 Å². The summed E-state index contributed by atoms with van der Waals surface area (Å²) in [5, 5.41) is 0. The highest BCUT2D eigenvalue weighted by molar-refractivity contribution is 14.1. The molecule has 6 nitrogen and oxygen atoms in total. The van der Waals surface area contributed by atoms with Crippen molar-refractivity contribution in [3.63, 3.8) is 0 Å². The monoisotopic (exact) mass is 696 g/mol. The fourth-order valence-corrected chi connectivity index (χ4v) is 6.26. The van der Waals surface area contributed by atoms with Gasteiger partial charge in [0.15, 0.2) is 0 Å². The van der Waals surface area contributed by atoms with Crippen molar-refractivity contribution in [3.8, 4) is 28.0 Å². The lowest BCUT2D eigenvalue weighted by atomic mass is 9.97. The first-order valence-electron chi connectivity index (χ1n) is 10.0. The summed E-state index contributed by atoms with van der Waals surface area (Å²) in [4.78, 5) is 12.8. The second kappa shape index (κ2) is 10.7. The van der Waals surface area contributed by atoms with Gasteiger partial charge in [0.1, 0.15) is 5.75 Å².